The molecule has 2 saturated heterocycles. The Balaban J connectivity index is 0.000000517. The van der Waals surface area contributed by atoms with Gasteiger partial charge in [0.25, 0.3) is 0 Å². The molecule has 10 nitrogen and oxygen atoms in total. The minimum atomic E-state index is -5.08. The van der Waals surface area contributed by atoms with Crippen molar-refractivity contribution < 1.29 is 27.8 Å². The Morgan fingerprint density at radius 3 is 2.24 bits per heavy atom. The molecule has 0 unspecified atom stereocenters. The van der Waals surface area contributed by atoms with Crippen molar-refractivity contribution in [2.75, 3.05) is 74.1 Å². The Labute approximate surface area is 242 Å². The smallest absolute Gasteiger partial charge is 0.475 e. The number of ether oxygens (including phenoxy) is 1. The molecule has 0 spiro atoms. The summed E-state index contributed by atoms with van der Waals surface area (Å²) < 4.78 is 37.2. The zero-order chi connectivity index (χ0) is 30.1. The number of hydrogen-bond acceptors (Lipinski definition) is 9. The molecule has 3 heterocycles. The van der Waals surface area contributed by atoms with Crippen LogP contribution >= 0.6 is 0 Å². The van der Waals surface area contributed by atoms with Crippen LogP contribution in [-0.4, -0.2) is 91.1 Å². The molecule has 0 saturated carbocycles. The highest BCUT2D eigenvalue weighted by atomic mass is 19.4. The molecule has 0 atom stereocenters. The van der Waals surface area contributed by atoms with E-state index in [1.807, 2.05) is 30.3 Å². The van der Waals surface area contributed by atoms with Crippen molar-refractivity contribution >= 4 is 29.0 Å². The summed E-state index contributed by atoms with van der Waals surface area (Å²) in [4.78, 5) is 25.2. The quantitative estimate of drug-likeness (QED) is 0.433. The third-order valence-electron chi connectivity index (χ3n) is 6.93. The fourth-order valence-electron chi connectivity index (χ4n) is 4.61. The summed E-state index contributed by atoms with van der Waals surface area (Å²) in [6.07, 6.45) is -3.33. The minimum Gasteiger partial charge on any atom is -0.475 e. The van der Waals surface area contributed by atoms with Crippen molar-refractivity contribution in [3.8, 4) is 17.3 Å². The first-order valence-electron chi connectivity index (χ1n) is 13.5. The average Bonchev–Trinajstić information content (AvgIpc) is 3.01. The lowest BCUT2D eigenvalue weighted by Gasteiger charge is -2.35. The molecule has 3 aromatic rings. The van der Waals surface area contributed by atoms with Gasteiger partial charge in [0, 0.05) is 68.1 Å². The molecule has 2 aromatic carbocycles. The van der Waals surface area contributed by atoms with Gasteiger partial charge in [-0.25, -0.2) is 14.8 Å². The lowest BCUT2D eigenvalue weighted by atomic mass is 10.1. The average molecular weight is 584 g/mol. The number of carbonyl (C=O) groups is 1. The molecule has 42 heavy (non-hydrogen) atoms. The van der Waals surface area contributed by atoms with E-state index in [2.05, 4.69) is 56.2 Å². The Morgan fingerprint density at radius 1 is 1.00 bits per heavy atom. The number of halogens is 3. The number of carboxylic acid groups (broad SMARTS) is 1. The number of rotatable bonds is 6. The molecule has 0 aliphatic carbocycles. The highest BCUT2D eigenvalue weighted by Crippen LogP contribution is 2.28. The van der Waals surface area contributed by atoms with Crippen LogP contribution in [0.15, 0.2) is 54.7 Å². The van der Waals surface area contributed by atoms with Gasteiger partial charge in [0.05, 0.1) is 30.5 Å². The zero-order valence-corrected chi connectivity index (χ0v) is 23.1. The van der Waals surface area contributed by atoms with Crippen LogP contribution in [0.1, 0.15) is 12.5 Å². The fourth-order valence-corrected chi connectivity index (χ4v) is 4.61. The second kappa shape index (κ2) is 14.0. The maximum Gasteiger partial charge on any atom is 0.490 e. The van der Waals surface area contributed by atoms with Gasteiger partial charge in [-0.05, 0) is 55.1 Å². The Kier molecular flexibility index (Phi) is 10.2. The number of aliphatic carboxylic acids is 1. The second-order valence-electron chi connectivity index (χ2n) is 9.64. The molecule has 2 aliphatic rings. The summed E-state index contributed by atoms with van der Waals surface area (Å²) in [5.41, 5.74) is 5.54. The summed E-state index contributed by atoms with van der Waals surface area (Å²) in [6.45, 7) is 10.6. The molecule has 0 radical (unpaired) electrons. The third-order valence-corrected chi connectivity index (χ3v) is 6.93. The largest absolute Gasteiger partial charge is 0.490 e. The predicted molar refractivity (Wildman–Crippen MR) is 153 cm³/mol. The standard InChI is InChI=1S/C27H31N7O.C2HF3O2/c1-2-32-9-11-33(12-10-32)25-18-21(20-28)17-22(19-25)26-7-8-29-27(31-26)30-23-3-5-24(6-4-23)34-13-15-35-16-14-34;3-2(4,5)1(6)7/h3-8,17-19H,2,9-16H2,1H3,(H,29,30,31);(H,6,7). The van der Waals surface area contributed by atoms with Crippen LogP contribution in [0.25, 0.3) is 11.3 Å². The van der Waals surface area contributed by atoms with Crippen LogP contribution < -0.4 is 15.1 Å². The summed E-state index contributed by atoms with van der Waals surface area (Å²) >= 11 is 0. The van der Waals surface area contributed by atoms with Gasteiger partial charge >= 0.3 is 12.1 Å². The molecular weight excluding hydrogens is 551 g/mol. The second-order valence-corrected chi connectivity index (χ2v) is 9.64. The lowest BCUT2D eigenvalue weighted by molar-refractivity contribution is -0.192. The fraction of sp³-hybridized carbons (Fsp3) is 0.379. The monoisotopic (exact) mass is 583 g/mol. The number of carboxylic acids is 1. The maximum absolute atomic E-state index is 10.6. The van der Waals surface area contributed by atoms with E-state index < -0.39 is 12.1 Å². The van der Waals surface area contributed by atoms with E-state index in [9.17, 15) is 18.4 Å². The van der Waals surface area contributed by atoms with Crippen LogP contribution in [0, 0.1) is 11.3 Å². The Bertz CT molecular complexity index is 1380. The Hall–Kier alpha value is -4.41. The van der Waals surface area contributed by atoms with Gasteiger partial charge in [-0.15, -0.1) is 0 Å². The van der Waals surface area contributed by atoms with Gasteiger partial charge in [-0.2, -0.15) is 18.4 Å². The van der Waals surface area contributed by atoms with Gasteiger partial charge in [0.1, 0.15) is 0 Å². The van der Waals surface area contributed by atoms with Gasteiger partial charge in [0.15, 0.2) is 0 Å². The SMILES string of the molecule is CCN1CCN(c2cc(C#N)cc(-c3ccnc(Nc4ccc(N5CCOCC5)cc4)n3)c2)CC1.O=C(O)C(F)(F)F. The number of likely N-dealkylation sites (N-methyl/N-ethyl adjacent to an activating group) is 1. The van der Waals surface area contributed by atoms with E-state index in [0.29, 0.717) is 11.5 Å². The van der Waals surface area contributed by atoms with Gasteiger partial charge < -0.3 is 29.9 Å². The molecule has 2 aliphatic heterocycles. The number of alkyl halides is 3. The van der Waals surface area contributed by atoms with Gasteiger partial charge in [-0.1, -0.05) is 6.92 Å². The number of morpholine rings is 1. The van der Waals surface area contributed by atoms with E-state index in [1.165, 1.54) is 5.69 Å². The van der Waals surface area contributed by atoms with Gasteiger partial charge in [-0.3, -0.25) is 0 Å². The molecule has 5 rings (SSSR count). The summed E-state index contributed by atoms with van der Waals surface area (Å²) in [7, 11) is 0. The molecule has 2 N–H and O–H groups in total. The molecule has 13 heteroatoms. The van der Waals surface area contributed by atoms with Crippen LogP contribution in [0.3, 0.4) is 0 Å². The molecule has 0 bridgehead atoms. The van der Waals surface area contributed by atoms with E-state index in [0.717, 1.165) is 81.7 Å². The molecule has 2 fully saturated rings. The first-order valence-corrected chi connectivity index (χ1v) is 13.5. The minimum absolute atomic E-state index is 0.530. The highest BCUT2D eigenvalue weighted by molar-refractivity contribution is 5.73. The van der Waals surface area contributed by atoms with Crippen LogP contribution in [0.2, 0.25) is 0 Å². The van der Waals surface area contributed by atoms with Crippen molar-refractivity contribution in [2.45, 2.75) is 13.1 Å². The highest BCUT2D eigenvalue weighted by Gasteiger charge is 2.38. The topological polar surface area (TPSA) is 118 Å². The maximum atomic E-state index is 10.6. The summed E-state index contributed by atoms with van der Waals surface area (Å²) in [5.74, 6) is -2.23. The van der Waals surface area contributed by atoms with E-state index >= 15 is 0 Å². The first-order chi connectivity index (χ1) is 20.2. The number of benzene rings is 2. The number of nitriles is 1. The predicted octanol–water partition coefficient (Wildman–Crippen LogP) is 4.37. The number of piperazine rings is 1. The van der Waals surface area contributed by atoms with E-state index in [-0.39, 0.29) is 0 Å². The van der Waals surface area contributed by atoms with E-state index in [1.54, 1.807) is 6.20 Å². The van der Waals surface area contributed by atoms with Crippen LogP contribution in [-0.2, 0) is 9.53 Å². The molecular formula is C29H32F3N7O3. The van der Waals surface area contributed by atoms with Crippen molar-refractivity contribution in [3.63, 3.8) is 0 Å². The van der Waals surface area contributed by atoms with E-state index in [4.69, 9.17) is 19.6 Å². The number of hydrogen-bond donors (Lipinski definition) is 2. The van der Waals surface area contributed by atoms with Crippen molar-refractivity contribution in [3.05, 3.63) is 60.3 Å². The number of nitrogens with zero attached hydrogens (tertiary/aromatic N) is 6. The normalized spacial score (nSPS) is 15.8. The number of anilines is 4. The first kappa shape index (κ1) is 30.5. The zero-order valence-electron chi connectivity index (χ0n) is 23.1. The lowest BCUT2D eigenvalue weighted by Crippen LogP contribution is -2.46. The summed E-state index contributed by atoms with van der Waals surface area (Å²) in [6, 6.07) is 18.5. The van der Waals surface area contributed by atoms with Crippen LogP contribution in [0.5, 0.6) is 0 Å². The number of aromatic nitrogens is 2. The third kappa shape index (κ3) is 8.31. The molecule has 1 aromatic heterocycles. The molecule has 0 amide bonds. The van der Waals surface area contributed by atoms with Crippen LogP contribution in [0.4, 0.5) is 36.2 Å². The number of nitrogens with one attached hydrogen (secondary N) is 1. The Morgan fingerprint density at radius 2 is 1.64 bits per heavy atom. The van der Waals surface area contributed by atoms with Crippen molar-refractivity contribution in [1.82, 2.24) is 14.9 Å². The van der Waals surface area contributed by atoms with Gasteiger partial charge in [0.2, 0.25) is 5.95 Å². The van der Waals surface area contributed by atoms with Crippen molar-refractivity contribution in [1.29, 1.82) is 5.26 Å². The summed E-state index contributed by atoms with van der Waals surface area (Å²) in [5, 5.41) is 20.1. The molecule has 222 valence electrons. The van der Waals surface area contributed by atoms with Crippen molar-refractivity contribution in [2.24, 2.45) is 0 Å².